The number of aliphatic hydroxyl groups excluding tert-OH is 1. The number of benzene rings is 3. The first-order valence-corrected chi connectivity index (χ1v) is 8.97. The van der Waals surface area contributed by atoms with E-state index in [2.05, 4.69) is 20.8 Å². The minimum atomic E-state index is -1.35. The zero-order chi connectivity index (χ0) is 20.6. The van der Waals surface area contributed by atoms with E-state index in [0.29, 0.717) is 27.5 Å². The van der Waals surface area contributed by atoms with E-state index in [9.17, 15) is 15.0 Å². The second kappa shape index (κ2) is 9.59. The minimum Gasteiger partial charge on any atom is -0.507 e. The number of hydrogen-bond donors (Lipinski definition) is 3. The molecule has 0 aliphatic heterocycles. The normalized spacial score (nSPS) is 12.3. The smallest absolute Gasteiger partial charge is 0.273 e. The number of hydrazone groups is 1. The first-order valence-electron chi connectivity index (χ1n) is 8.60. The third-order valence-corrected chi connectivity index (χ3v) is 4.20. The van der Waals surface area contributed by atoms with Crippen LogP contribution in [0.5, 0.6) is 5.75 Å². The molecule has 1 amide bonds. The predicted octanol–water partition coefficient (Wildman–Crippen LogP) is 4.64. The number of hydrogen-bond acceptors (Lipinski definition) is 6. The van der Waals surface area contributed by atoms with Gasteiger partial charge >= 0.3 is 0 Å². The molecule has 0 heterocycles. The third-order valence-electron chi connectivity index (χ3n) is 3.88. The maximum atomic E-state index is 12.0. The fourth-order valence-corrected chi connectivity index (χ4v) is 2.54. The van der Waals surface area contributed by atoms with Crippen LogP contribution in [0.2, 0.25) is 5.02 Å². The average molecular weight is 409 g/mol. The number of halogens is 1. The highest BCUT2D eigenvalue weighted by Crippen LogP contribution is 2.27. The number of aliphatic hydroxyl groups is 1. The van der Waals surface area contributed by atoms with Crippen LogP contribution in [0.15, 0.2) is 88.1 Å². The molecule has 0 saturated carbocycles. The first kappa shape index (κ1) is 20.2. The van der Waals surface area contributed by atoms with Crippen molar-refractivity contribution in [3.63, 3.8) is 0 Å². The molecule has 3 aromatic rings. The van der Waals surface area contributed by atoms with Crippen molar-refractivity contribution in [2.75, 3.05) is 0 Å². The van der Waals surface area contributed by atoms with Gasteiger partial charge in [-0.15, -0.1) is 5.11 Å². The Bertz CT molecular complexity index is 1050. The van der Waals surface area contributed by atoms with Gasteiger partial charge in [-0.05, 0) is 35.9 Å². The molecule has 0 radical (unpaired) electrons. The molecule has 8 heteroatoms. The van der Waals surface area contributed by atoms with Crippen LogP contribution in [0.25, 0.3) is 0 Å². The van der Waals surface area contributed by atoms with Gasteiger partial charge in [-0.2, -0.15) is 10.2 Å². The number of rotatable bonds is 6. The van der Waals surface area contributed by atoms with Crippen LogP contribution in [-0.2, 0) is 4.79 Å². The average Bonchev–Trinajstić information content (AvgIpc) is 2.75. The van der Waals surface area contributed by atoms with E-state index in [0.717, 1.165) is 0 Å². The molecule has 0 saturated heterocycles. The van der Waals surface area contributed by atoms with E-state index in [1.54, 1.807) is 66.7 Å². The molecule has 1 atom stereocenters. The predicted molar refractivity (Wildman–Crippen MR) is 111 cm³/mol. The number of nitrogens with one attached hydrogen (secondary N) is 1. The summed E-state index contributed by atoms with van der Waals surface area (Å²) in [7, 11) is 0. The summed E-state index contributed by atoms with van der Waals surface area (Å²) in [5, 5.41) is 32.4. The summed E-state index contributed by atoms with van der Waals surface area (Å²) >= 11 is 6.04. The van der Waals surface area contributed by atoms with Crippen molar-refractivity contribution in [2.45, 2.75) is 6.10 Å². The molecule has 29 heavy (non-hydrogen) atoms. The molecule has 0 spiro atoms. The standard InChI is InChI=1S/C21H17ClN4O3/c22-17-8-4-5-9-18(17)25-24-16-10-11-19(27)15(12-16)13-23-26-21(29)20(28)14-6-2-1-3-7-14/h1-13,20,27-28H,(H,26,29)/b23-13-,25-24?/t20-/m1/s1. The van der Waals surface area contributed by atoms with Crippen LogP contribution in [0.1, 0.15) is 17.2 Å². The van der Waals surface area contributed by atoms with Crippen molar-refractivity contribution in [2.24, 2.45) is 15.3 Å². The number of nitrogens with zero attached hydrogens (tertiary/aromatic N) is 3. The highest BCUT2D eigenvalue weighted by atomic mass is 35.5. The van der Waals surface area contributed by atoms with Gasteiger partial charge in [-0.3, -0.25) is 4.79 Å². The lowest BCUT2D eigenvalue weighted by atomic mass is 10.1. The van der Waals surface area contributed by atoms with E-state index in [4.69, 9.17) is 11.6 Å². The highest BCUT2D eigenvalue weighted by Gasteiger charge is 2.16. The molecule has 0 aromatic heterocycles. The van der Waals surface area contributed by atoms with Crippen LogP contribution in [0.4, 0.5) is 11.4 Å². The van der Waals surface area contributed by atoms with Gasteiger partial charge in [0.1, 0.15) is 11.4 Å². The molecule has 0 aliphatic carbocycles. The molecule has 0 fully saturated rings. The number of phenolic OH excluding ortho intramolecular Hbond substituents is 1. The number of carbonyl (C=O) groups is 1. The van der Waals surface area contributed by atoms with E-state index in [-0.39, 0.29) is 5.75 Å². The van der Waals surface area contributed by atoms with Crippen molar-refractivity contribution in [1.82, 2.24) is 5.43 Å². The summed E-state index contributed by atoms with van der Waals surface area (Å²) in [6, 6.07) is 20.0. The first-order chi connectivity index (χ1) is 14.0. The Morgan fingerprint density at radius 3 is 2.48 bits per heavy atom. The monoisotopic (exact) mass is 408 g/mol. The lowest BCUT2D eigenvalue weighted by Crippen LogP contribution is -2.25. The molecule has 0 aliphatic rings. The number of amides is 1. The topological polar surface area (TPSA) is 107 Å². The molecule has 3 N–H and O–H groups in total. The summed E-state index contributed by atoms with van der Waals surface area (Å²) in [6.07, 6.45) is -0.0999. The summed E-state index contributed by atoms with van der Waals surface area (Å²) in [6.45, 7) is 0. The molecular formula is C21H17ClN4O3. The maximum absolute atomic E-state index is 12.0. The highest BCUT2D eigenvalue weighted by molar-refractivity contribution is 6.32. The van der Waals surface area contributed by atoms with Crippen molar-refractivity contribution >= 4 is 35.1 Å². The van der Waals surface area contributed by atoms with Gasteiger partial charge in [0.15, 0.2) is 6.10 Å². The quantitative estimate of drug-likeness (QED) is 0.314. The van der Waals surface area contributed by atoms with Crippen molar-refractivity contribution in [3.8, 4) is 5.75 Å². The van der Waals surface area contributed by atoms with Crippen molar-refractivity contribution in [1.29, 1.82) is 0 Å². The Morgan fingerprint density at radius 1 is 1.00 bits per heavy atom. The summed E-state index contributed by atoms with van der Waals surface area (Å²) < 4.78 is 0. The lowest BCUT2D eigenvalue weighted by molar-refractivity contribution is -0.129. The van der Waals surface area contributed by atoms with Gasteiger partial charge in [0.05, 0.1) is 16.9 Å². The Balaban J connectivity index is 1.68. The van der Waals surface area contributed by atoms with Crippen LogP contribution in [-0.4, -0.2) is 22.3 Å². The Labute approximate surface area is 172 Å². The molecule has 0 unspecified atom stereocenters. The van der Waals surface area contributed by atoms with Gasteiger partial charge in [0.25, 0.3) is 5.91 Å². The Hall–Kier alpha value is -3.55. The van der Waals surface area contributed by atoms with Gasteiger partial charge < -0.3 is 10.2 Å². The van der Waals surface area contributed by atoms with Gasteiger partial charge in [-0.25, -0.2) is 5.43 Å². The lowest BCUT2D eigenvalue weighted by Gasteiger charge is -2.08. The molecule has 7 nitrogen and oxygen atoms in total. The van der Waals surface area contributed by atoms with E-state index < -0.39 is 12.0 Å². The van der Waals surface area contributed by atoms with E-state index >= 15 is 0 Å². The minimum absolute atomic E-state index is 0.0525. The van der Waals surface area contributed by atoms with Crippen molar-refractivity contribution in [3.05, 3.63) is 88.9 Å². The Kier molecular flexibility index (Phi) is 6.67. The molecular weight excluding hydrogens is 392 g/mol. The Morgan fingerprint density at radius 2 is 1.72 bits per heavy atom. The maximum Gasteiger partial charge on any atom is 0.273 e. The summed E-state index contributed by atoms with van der Waals surface area (Å²) in [5.41, 5.74) is 3.98. The fourth-order valence-electron chi connectivity index (χ4n) is 2.37. The number of aromatic hydroxyl groups is 1. The SMILES string of the molecule is O=C(N/N=C\c1cc(N=Nc2ccccc2Cl)ccc1O)[C@H](O)c1ccccc1. The van der Waals surface area contributed by atoms with E-state index in [1.165, 1.54) is 12.3 Å². The fraction of sp³-hybridized carbons (Fsp3) is 0.0476. The second-order valence-corrected chi connectivity index (χ2v) is 6.35. The summed E-state index contributed by atoms with van der Waals surface area (Å²) in [4.78, 5) is 12.0. The van der Waals surface area contributed by atoms with Crippen LogP contribution >= 0.6 is 11.6 Å². The molecule has 3 rings (SSSR count). The van der Waals surface area contributed by atoms with Gasteiger partial charge in [0.2, 0.25) is 0 Å². The zero-order valence-electron chi connectivity index (χ0n) is 15.1. The zero-order valence-corrected chi connectivity index (χ0v) is 15.9. The van der Waals surface area contributed by atoms with Crippen LogP contribution in [0.3, 0.4) is 0 Å². The molecule has 3 aromatic carbocycles. The number of phenols is 1. The third kappa shape index (κ3) is 5.47. The molecule has 146 valence electrons. The molecule has 0 bridgehead atoms. The largest absolute Gasteiger partial charge is 0.507 e. The van der Waals surface area contributed by atoms with E-state index in [1.807, 2.05) is 0 Å². The van der Waals surface area contributed by atoms with Gasteiger partial charge in [0, 0.05) is 5.56 Å². The van der Waals surface area contributed by atoms with Gasteiger partial charge in [-0.1, -0.05) is 54.1 Å². The van der Waals surface area contributed by atoms with Crippen LogP contribution < -0.4 is 5.43 Å². The van der Waals surface area contributed by atoms with Crippen molar-refractivity contribution < 1.29 is 15.0 Å². The van der Waals surface area contributed by atoms with Crippen LogP contribution in [0, 0.1) is 0 Å². The second-order valence-electron chi connectivity index (χ2n) is 5.94. The number of carbonyl (C=O) groups excluding carboxylic acids is 1. The summed E-state index contributed by atoms with van der Waals surface area (Å²) in [5.74, 6) is -0.746. The number of azo groups is 1.